The Kier molecular flexibility index (Phi) is 2.89. The van der Waals surface area contributed by atoms with Crippen molar-refractivity contribution in [2.24, 2.45) is 0 Å². The van der Waals surface area contributed by atoms with E-state index in [2.05, 4.69) is 13.1 Å². The summed E-state index contributed by atoms with van der Waals surface area (Å²) >= 11 is 0. The van der Waals surface area contributed by atoms with E-state index in [1.807, 2.05) is 0 Å². The lowest BCUT2D eigenvalue weighted by Crippen LogP contribution is -2.31. The maximum absolute atomic E-state index is 11.0. The second-order valence-corrected chi connectivity index (χ2v) is 3.69. The van der Waals surface area contributed by atoms with Crippen LogP contribution in [0.3, 0.4) is 0 Å². The molecule has 1 aliphatic heterocycles. The summed E-state index contributed by atoms with van der Waals surface area (Å²) in [6.07, 6.45) is -1.59. The zero-order valence-electron chi connectivity index (χ0n) is 7.22. The molecule has 0 amide bonds. The second kappa shape index (κ2) is 3.60. The molecule has 1 fully saturated rings. The van der Waals surface area contributed by atoms with E-state index in [-0.39, 0.29) is 0 Å². The van der Waals surface area contributed by atoms with Crippen molar-refractivity contribution in [3.8, 4) is 0 Å². The Hall–Kier alpha value is -0.660. The van der Waals surface area contributed by atoms with Gasteiger partial charge in [-0.1, -0.05) is 6.92 Å². The molecule has 0 N–H and O–H groups in total. The van der Waals surface area contributed by atoms with E-state index in [0.717, 1.165) is 7.11 Å². The van der Waals surface area contributed by atoms with E-state index >= 15 is 0 Å². The number of rotatable bonds is 2. The van der Waals surface area contributed by atoms with Crippen molar-refractivity contribution in [2.75, 3.05) is 7.11 Å². The molecule has 0 bridgehead atoms. The van der Waals surface area contributed by atoms with Gasteiger partial charge in [-0.2, -0.15) is 8.42 Å². The predicted molar refractivity (Wildman–Crippen MR) is 41.0 cm³/mol. The summed E-state index contributed by atoms with van der Waals surface area (Å²) in [5.41, 5.74) is 0. The van der Waals surface area contributed by atoms with Gasteiger partial charge in [0.05, 0.1) is 7.11 Å². The van der Waals surface area contributed by atoms with Gasteiger partial charge in [0.2, 0.25) is 6.10 Å². The fourth-order valence-electron chi connectivity index (χ4n) is 1.00. The summed E-state index contributed by atoms with van der Waals surface area (Å²) < 4.78 is 34.8. The molecule has 0 aromatic carbocycles. The molecule has 1 aliphatic rings. The van der Waals surface area contributed by atoms with Gasteiger partial charge in [-0.05, 0) is 6.42 Å². The number of ether oxygens (including phenoxy) is 1. The van der Waals surface area contributed by atoms with Gasteiger partial charge in [0, 0.05) is 0 Å². The van der Waals surface area contributed by atoms with Crippen LogP contribution in [0.5, 0.6) is 0 Å². The lowest BCUT2D eigenvalue weighted by atomic mass is 10.1. The molecular weight excluding hydrogens is 200 g/mol. The van der Waals surface area contributed by atoms with Gasteiger partial charge in [-0.25, -0.2) is 13.2 Å². The SMILES string of the molecule is CC[C@@H]1OS(=O)(=O)O[C@H]1C(=O)OC. The van der Waals surface area contributed by atoms with Crippen LogP contribution in [0.15, 0.2) is 0 Å². The number of methoxy groups -OCH3 is 1. The first-order valence-corrected chi connectivity index (χ1v) is 5.03. The van der Waals surface area contributed by atoms with Crippen molar-refractivity contribution in [2.45, 2.75) is 25.6 Å². The van der Waals surface area contributed by atoms with Crippen molar-refractivity contribution in [3.05, 3.63) is 0 Å². The number of carbonyl (C=O) groups is 1. The summed E-state index contributed by atoms with van der Waals surface area (Å²) in [6.45, 7) is 1.69. The van der Waals surface area contributed by atoms with Crippen molar-refractivity contribution in [3.63, 3.8) is 0 Å². The normalized spacial score (nSPS) is 31.5. The van der Waals surface area contributed by atoms with Gasteiger partial charge in [-0.3, -0.25) is 0 Å². The quantitative estimate of drug-likeness (QED) is 0.577. The Morgan fingerprint density at radius 1 is 1.46 bits per heavy atom. The molecule has 0 aromatic heterocycles. The van der Waals surface area contributed by atoms with Crippen molar-refractivity contribution < 1.29 is 26.3 Å². The molecule has 1 rings (SSSR count). The molecular formula is C6H10O6S. The van der Waals surface area contributed by atoms with E-state index in [1.54, 1.807) is 6.92 Å². The zero-order chi connectivity index (χ0) is 10.1. The van der Waals surface area contributed by atoms with Crippen LogP contribution in [0.2, 0.25) is 0 Å². The molecule has 0 spiro atoms. The monoisotopic (exact) mass is 210 g/mol. The second-order valence-electron chi connectivity index (χ2n) is 2.49. The van der Waals surface area contributed by atoms with Crippen molar-refractivity contribution in [1.29, 1.82) is 0 Å². The van der Waals surface area contributed by atoms with Gasteiger partial charge in [0.15, 0.2) is 0 Å². The predicted octanol–water partition coefficient (Wildman–Crippen LogP) is -0.402. The highest BCUT2D eigenvalue weighted by atomic mass is 32.3. The van der Waals surface area contributed by atoms with E-state index in [9.17, 15) is 13.2 Å². The van der Waals surface area contributed by atoms with Crippen LogP contribution in [0.25, 0.3) is 0 Å². The zero-order valence-corrected chi connectivity index (χ0v) is 8.04. The van der Waals surface area contributed by atoms with Gasteiger partial charge in [0.1, 0.15) is 6.10 Å². The van der Waals surface area contributed by atoms with Crippen LogP contribution in [0.4, 0.5) is 0 Å². The van der Waals surface area contributed by atoms with Crippen LogP contribution in [0, 0.1) is 0 Å². The molecule has 6 nitrogen and oxygen atoms in total. The molecule has 1 heterocycles. The summed E-state index contributed by atoms with van der Waals surface area (Å²) in [4.78, 5) is 11.0. The molecule has 7 heteroatoms. The molecule has 13 heavy (non-hydrogen) atoms. The maximum Gasteiger partial charge on any atom is 0.401 e. The van der Waals surface area contributed by atoms with Gasteiger partial charge in [-0.15, -0.1) is 0 Å². The molecule has 1 saturated heterocycles. The Balaban J connectivity index is 2.81. The van der Waals surface area contributed by atoms with E-state index in [1.165, 1.54) is 0 Å². The molecule has 76 valence electrons. The average molecular weight is 210 g/mol. The van der Waals surface area contributed by atoms with Crippen LogP contribution >= 0.6 is 0 Å². The third kappa shape index (κ3) is 2.17. The van der Waals surface area contributed by atoms with Crippen LogP contribution in [-0.2, 0) is 28.3 Å². The van der Waals surface area contributed by atoms with Gasteiger partial charge < -0.3 is 4.74 Å². The highest BCUT2D eigenvalue weighted by Crippen LogP contribution is 2.23. The third-order valence-electron chi connectivity index (χ3n) is 1.64. The molecule has 0 aromatic rings. The van der Waals surface area contributed by atoms with E-state index in [4.69, 9.17) is 0 Å². The Morgan fingerprint density at radius 2 is 2.08 bits per heavy atom. The topological polar surface area (TPSA) is 78.9 Å². The minimum Gasteiger partial charge on any atom is -0.467 e. The van der Waals surface area contributed by atoms with Crippen molar-refractivity contribution in [1.82, 2.24) is 0 Å². The lowest BCUT2D eigenvalue weighted by Gasteiger charge is -2.09. The van der Waals surface area contributed by atoms with Crippen molar-refractivity contribution >= 4 is 16.4 Å². The third-order valence-corrected chi connectivity index (χ3v) is 2.56. The highest BCUT2D eigenvalue weighted by molar-refractivity contribution is 7.82. The van der Waals surface area contributed by atoms with E-state index < -0.39 is 28.6 Å². The van der Waals surface area contributed by atoms with Crippen LogP contribution in [0.1, 0.15) is 13.3 Å². The molecule has 0 unspecified atom stereocenters. The molecule has 0 saturated carbocycles. The van der Waals surface area contributed by atoms with Gasteiger partial charge >= 0.3 is 16.4 Å². The summed E-state index contributed by atoms with van der Waals surface area (Å²) in [6, 6.07) is 0. The smallest absolute Gasteiger partial charge is 0.401 e. The Labute approximate surface area is 76.1 Å². The molecule has 0 aliphatic carbocycles. The number of hydrogen-bond acceptors (Lipinski definition) is 6. The number of esters is 1. The number of carbonyl (C=O) groups excluding carboxylic acids is 1. The Morgan fingerprint density at radius 3 is 2.54 bits per heavy atom. The summed E-state index contributed by atoms with van der Waals surface area (Å²) in [5, 5.41) is 0. The highest BCUT2D eigenvalue weighted by Gasteiger charge is 2.44. The number of hydrogen-bond donors (Lipinski definition) is 0. The standard InChI is InChI=1S/C6H10O6S/c1-3-4-5(6(7)10-2)12-13(8,9)11-4/h4-5H,3H2,1-2H3/t4-,5+/m0/s1. The lowest BCUT2D eigenvalue weighted by molar-refractivity contribution is -0.149. The van der Waals surface area contributed by atoms with E-state index in [0.29, 0.717) is 6.42 Å². The minimum atomic E-state index is -4.01. The maximum atomic E-state index is 11.0. The minimum absolute atomic E-state index is 0.360. The average Bonchev–Trinajstić information content (AvgIpc) is 2.39. The summed E-state index contributed by atoms with van der Waals surface area (Å²) in [7, 11) is -2.86. The molecule has 2 atom stereocenters. The fraction of sp³-hybridized carbons (Fsp3) is 0.833. The molecule has 0 radical (unpaired) electrons. The first-order valence-electron chi connectivity index (χ1n) is 3.69. The van der Waals surface area contributed by atoms with Crippen LogP contribution in [-0.4, -0.2) is 33.7 Å². The largest absolute Gasteiger partial charge is 0.467 e. The Bertz CT molecular complexity index is 294. The van der Waals surface area contributed by atoms with Crippen LogP contribution < -0.4 is 0 Å². The first kappa shape index (κ1) is 10.4. The van der Waals surface area contributed by atoms with Gasteiger partial charge in [0.25, 0.3) is 0 Å². The first-order chi connectivity index (χ1) is 6.00. The summed E-state index contributed by atoms with van der Waals surface area (Å²) in [5.74, 6) is -0.743. The fourth-order valence-corrected chi connectivity index (χ4v) is 2.04.